The molecule has 0 aliphatic heterocycles. The van der Waals surface area contributed by atoms with Crippen LogP contribution in [0.15, 0.2) is 24.3 Å². The summed E-state index contributed by atoms with van der Waals surface area (Å²) in [5.74, 6) is -0.413. The number of alkyl halides is 3. The summed E-state index contributed by atoms with van der Waals surface area (Å²) in [6.45, 7) is -1.23. The standard InChI is InChI=1S/C12H14ClF3N2O/c1-18(7-9-3-2-4-10(13)5-9)11(19)6-17-8-12(14,15)16/h2-5,17H,6-8H2,1H3. The maximum absolute atomic E-state index is 11.9. The van der Waals surface area contributed by atoms with Crippen molar-refractivity contribution in [2.75, 3.05) is 20.1 Å². The second kappa shape index (κ2) is 6.77. The molecule has 0 heterocycles. The number of halogens is 4. The van der Waals surface area contributed by atoms with E-state index < -0.39 is 18.6 Å². The molecule has 3 nitrogen and oxygen atoms in total. The highest BCUT2D eigenvalue weighted by atomic mass is 35.5. The van der Waals surface area contributed by atoms with Crippen molar-refractivity contribution in [3.8, 4) is 0 Å². The van der Waals surface area contributed by atoms with E-state index in [1.54, 1.807) is 24.3 Å². The predicted octanol–water partition coefficient (Wildman–Crippen LogP) is 2.45. The van der Waals surface area contributed by atoms with Crippen molar-refractivity contribution in [1.82, 2.24) is 10.2 Å². The van der Waals surface area contributed by atoms with E-state index in [0.717, 1.165) is 5.56 Å². The van der Waals surface area contributed by atoms with Gasteiger partial charge in [0.25, 0.3) is 0 Å². The molecule has 0 spiro atoms. The van der Waals surface area contributed by atoms with Crippen molar-refractivity contribution >= 4 is 17.5 Å². The predicted molar refractivity (Wildman–Crippen MR) is 66.9 cm³/mol. The number of amides is 1. The molecule has 19 heavy (non-hydrogen) atoms. The van der Waals surface area contributed by atoms with Crippen LogP contribution in [0.2, 0.25) is 5.02 Å². The Morgan fingerprint density at radius 1 is 1.42 bits per heavy atom. The Bertz CT molecular complexity index is 437. The first-order chi connectivity index (χ1) is 8.78. The number of carbonyl (C=O) groups is 1. The minimum atomic E-state index is -4.31. The molecule has 0 bridgehead atoms. The van der Waals surface area contributed by atoms with Gasteiger partial charge in [-0.25, -0.2) is 0 Å². The normalized spacial score (nSPS) is 11.4. The molecule has 0 unspecified atom stereocenters. The van der Waals surface area contributed by atoms with Crippen LogP contribution in [0.25, 0.3) is 0 Å². The first-order valence-electron chi connectivity index (χ1n) is 5.54. The van der Waals surface area contributed by atoms with Crippen LogP contribution in [0, 0.1) is 0 Å². The van der Waals surface area contributed by atoms with Crippen molar-refractivity contribution < 1.29 is 18.0 Å². The maximum Gasteiger partial charge on any atom is 0.401 e. The molecule has 1 aromatic rings. The smallest absolute Gasteiger partial charge is 0.340 e. The molecule has 0 radical (unpaired) electrons. The van der Waals surface area contributed by atoms with Crippen LogP contribution < -0.4 is 5.32 Å². The Hall–Kier alpha value is -1.27. The van der Waals surface area contributed by atoms with Gasteiger partial charge in [0.15, 0.2) is 0 Å². The van der Waals surface area contributed by atoms with Gasteiger partial charge < -0.3 is 10.2 Å². The zero-order chi connectivity index (χ0) is 14.5. The van der Waals surface area contributed by atoms with Crippen LogP contribution in [0.1, 0.15) is 5.56 Å². The highest BCUT2D eigenvalue weighted by Crippen LogP contribution is 2.13. The van der Waals surface area contributed by atoms with E-state index >= 15 is 0 Å². The lowest BCUT2D eigenvalue weighted by Crippen LogP contribution is -2.38. The van der Waals surface area contributed by atoms with E-state index in [0.29, 0.717) is 11.6 Å². The molecule has 106 valence electrons. The second-order valence-corrected chi connectivity index (χ2v) is 4.53. The summed E-state index contributed by atoms with van der Waals surface area (Å²) in [5.41, 5.74) is 0.819. The number of likely N-dealkylation sites (N-methyl/N-ethyl adjacent to an activating group) is 1. The molecule has 0 aromatic heterocycles. The third-order valence-electron chi connectivity index (χ3n) is 2.34. The number of benzene rings is 1. The molecular formula is C12H14ClF3N2O. The lowest BCUT2D eigenvalue weighted by molar-refractivity contribution is -0.133. The molecule has 1 N–H and O–H groups in total. The van der Waals surface area contributed by atoms with Gasteiger partial charge >= 0.3 is 6.18 Å². The summed E-state index contributed by atoms with van der Waals surface area (Å²) in [6.07, 6.45) is -4.31. The molecule has 1 aromatic carbocycles. The number of hydrogen-bond donors (Lipinski definition) is 1. The monoisotopic (exact) mass is 294 g/mol. The van der Waals surface area contributed by atoms with E-state index in [1.807, 2.05) is 0 Å². The van der Waals surface area contributed by atoms with Crippen LogP contribution >= 0.6 is 11.6 Å². The molecule has 7 heteroatoms. The van der Waals surface area contributed by atoms with E-state index in [2.05, 4.69) is 5.32 Å². The van der Waals surface area contributed by atoms with E-state index in [-0.39, 0.29) is 6.54 Å². The fraction of sp³-hybridized carbons (Fsp3) is 0.417. The number of carbonyl (C=O) groups excluding carboxylic acids is 1. The Kier molecular flexibility index (Phi) is 5.62. The number of rotatable bonds is 5. The molecule has 1 rings (SSSR count). The van der Waals surface area contributed by atoms with Gasteiger partial charge in [-0.1, -0.05) is 23.7 Å². The Morgan fingerprint density at radius 3 is 2.68 bits per heavy atom. The van der Waals surface area contributed by atoms with Crippen molar-refractivity contribution in [2.24, 2.45) is 0 Å². The van der Waals surface area contributed by atoms with E-state index in [9.17, 15) is 18.0 Å². The van der Waals surface area contributed by atoms with Crippen LogP contribution in [0.4, 0.5) is 13.2 Å². The van der Waals surface area contributed by atoms with E-state index in [4.69, 9.17) is 11.6 Å². The lowest BCUT2D eigenvalue weighted by Gasteiger charge is -2.18. The molecule has 0 saturated heterocycles. The average molecular weight is 295 g/mol. The summed E-state index contributed by atoms with van der Waals surface area (Å²) in [4.78, 5) is 12.9. The third-order valence-corrected chi connectivity index (χ3v) is 2.57. The van der Waals surface area contributed by atoms with Gasteiger partial charge in [0, 0.05) is 18.6 Å². The summed E-state index contributed by atoms with van der Waals surface area (Å²) in [6, 6.07) is 6.95. The highest BCUT2D eigenvalue weighted by Gasteiger charge is 2.26. The zero-order valence-electron chi connectivity index (χ0n) is 10.3. The SMILES string of the molecule is CN(Cc1cccc(Cl)c1)C(=O)CNCC(F)(F)F. The first kappa shape index (κ1) is 15.8. The topological polar surface area (TPSA) is 32.3 Å². The minimum Gasteiger partial charge on any atom is -0.340 e. The quantitative estimate of drug-likeness (QED) is 0.905. The van der Waals surface area contributed by atoms with Crippen molar-refractivity contribution in [3.05, 3.63) is 34.9 Å². The van der Waals surface area contributed by atoms with Gasteiger partial charge in [-0.05, 0) is 17.7 Å². The molecule has 0 fully saturated rings. The Labute approximate surface area is 114 Å². The van der Waals surface area contributed by atoms with Crippen molar-refractivity contribution in [1.29, 1.82) is 0 Å². The summed E-state index contributed by atoms with van der Waals surface area (Å²) in [7, 11) is 1.53. The van der Waals surface area contributed by atoms with E-state index in [1.165, 1.54) is 11.9 Å². The molecule has 0 saturated carbocycles. The minimum absolute atomic E-state index is 0.299. The zero-order valence-corrected chi connectivity index (χ0v) is 11.1. The molecule has 0 aliphatic rings. The summed E-state index contributed by atoms with van der Waals surface area (Å²) in [5, 5.41) is 2.61. The summed E-state index contributed by atoms with van der Waals surface area (Å²) >= 11 is 5.80. The Balaban J connectivity index is 2.41. The van der Waals surface area contributed by atoms with Crippen LogP contribution in [-0.4, -0.2) is 37.1 Å². The maximum atomic E-state index is 11.9. The number of hydrogen-bond acceptors (Lipinski definition) is 2. The van der Waals surface area contributed by atoms with Gasteiger partial charge in [0.1, 0.15) is 0 Å². The average Bonchev–Trinajstić information content (AvgIpc) is 2.27. The molecule has 1 amide bonds. The Morgan fingerprint density at radius 2 is 2.11 bits per heavy atom. The van der Waals surface area contributed by atoms with Crippen molar-refractivity contribution in [2.45, 2.75) is 12.7 Å². The summed E-state index contributed by atoms with van der Waals surface area (Å²) < 4.78 is 35.7. The fourth-order valence-electron chi connectivity index (χ4n) is 1.44. The lowest BCUT2D eigenvalue weighted by atomic mass is 10.2. The van der Waals surface area contributed by atoms with Crippen molar-refractivity contribution in [3.63, 3.8) is 0 Å². The third kappa shape index (κ3) is 6.45. The van der Waals surface area contributed by atoms with Gasteiger partial charge in [0.2, 0.25) is 5.91 Å². The van der Waals surface area contributed by atoms with Gasteiger partial charge in [0.05, 0.1) is 13.1 Å². The first-order valence-corrected chi connectivity index (χ1v) is 5.91. The molecule has 0 aliphatic carbocycles. The molecular weight excluding hydrogens is 281 g/mol. The van der Waals surface area contributed by atoms with Crippen LogP contribution in [0.3, 0.4) is 0 Å². The largest absolute Gasteiger partial charge is 0.401 e. The van der Waals surface area contributed by atoms with Crippen LogP contribution in [-0.2, 0) is 11.3 Å². The number of nitrogens with one attached hydrogen (secondary N) is 1. The number of nitrogens with zero attached hydrogens (tertiary/aromatic N) is 1. The second-order valence-electron chi connectivity index (χ2n) is 4.10. The van der Waals surface area contributed by atoms with Gasteiger partial charge in [-0.15, -0.1) is 0 Å². The highest BCUT2D eigenvalue weighted by molar-refractivity contribution is 6.30. The van der Waals surface area contributed by atoms with Crippen LogP contribution in [0.5, 0.6) is 0 Å². The fourth-order valence-corrected chi connectivity index (χ4v) is 1.66. The van der Waals surface area contributed by atoms with Gasteiger partial charge in [-0.3, -0.25) is 4.79 Å². The van der Waals surface area contributed by atoms with Gasteiger partial charge in [-0.2, -0.15) is 13.2 Å². The molecule has 0 atom stereocenters.